The van der Waals surface area contributed by atoms with Gasteiger partial charge in [-0.3, -0.25) is 0 Å². The van der Waals surface area contributed by atoms with Gasteiger partial charge >= 0.3 is 0 Å². The highest BCUT2D eigenvalue weighted by Crippen LogP contribution is 2.47. The van der Waals surface area contributed by atoms with Crippen LogP contribution in [0, 0.1) is 6.92 Å². The number of rotatable bonds is 3. The second-order valence-electron chi connectivity index (χ2n) is 5.24. The molecule has 0 saturated carbocycles. The van der Waals surface area contributed by atoms with Gasteiger partial charge < -0.3 is 0 Å². The Morgan fingerprint density at radius 3 is 2.15 bits per heavy atom. The van der Waals surface area contributed by atoms with Crippen LogP contribution < -0.4 is 0 Å². The molecule has 0 bridgehead atoms. The van der Waals surface area contributed by atoms with Gasteiger partial charge in [-0.25, -0.2) is 8.42 Å². The molecule has 20 heavy (non-hydrogen) atoms. The van der Waals surface area contributed by atoms with Crippen LogP contribution in [-0.4, -0.2) is 18.8 Å². The maximum absolute atomic E-state index is 12.6. The number of hydrogen-bond acceptors (Lipinski definition) is 2. The Morgan fingerprint density at radius 2 is 1.55 bits per heavy atom. The van der Waals surface area contributed by atoms with E-state index in [-0.39, 0.29) is 12.1 Å². The highest BCUT2D eigenvalue weighted by Gasteiger charge is 2.53. The predicted octanol–water partition coefficient (Wildman–Crippen LogP) is 3.13. The molecule has 4 heteroatoms. The lowest BCUT2D eigenvalue weighted by molar-refractivity contribution is 0.548. The average molecular weight is 287 g/mol. The first-order chi connectivity index (χ1) is 9.51. The highest BCUT2D eigenvalue weighted by molar-refractivity contribution is 7.89. The molecular formula is C16H17NO2S. The fourth-order valence-corrected chi connectivity index (χ4v) is 4.42. The number of benzene rings is 2. The van der Waals surface area contributed by atoms with Crippen molar-refractivity contribution in [1.82, 2.24) is 4.31 Å². The Balaban J connectivity index is 1.92. The summed E-state index contributed by atoms with van der Waals surface area (Å²) in [5.41, 5.74) is 2.11. The van der Waals surface area contributed by atoms with Gasteiger partial charge in [-0.1, -0.05) is 48.0 Å². The summed E-state index contributed by atoms with van der Waals surface area (Å²) in [6, 6.07) is 16.8. The van der Waals surface area contributed by atoms with Crippen molar-refractivity contribution in [1.29, 1.82) is 0 Å². The molecule has 0 amide bonds. The number of nitrogens with zero attached hydrogens (tertiary/aromatic N) is 1. The van der Waals surface area contributed by atoms with E-state index in [4.69, 9.17) is 0 Å². The van der Waals surface area contributed by atoms with Gasteiger partial charge in [0.2, 0.25) is 10.0 Å². The van der Waals surface area contributed by atoms with E-state index in [1.165, 1.54) is 0 Å². The zero-order chi connectivity index (χ0) is 14.3. The van der Waals surface area contributed by atoms with Gasteiger partial charge in [-0.2, -0.15) is 4.31 Å². The van der Waals surface area contributed by atoms with E-state index in [2.05, 4.69) is 0 Å². The molecule has 0 aliphatic carbocycles. The molecule has 2 aromatic carbocycles. The summed E-state index contributed by atoms with van der Waals surface area (Å²) in [7, 11) is -3.40. The molecule has 1 fully saturated rings. The van der Waals surface area contributed by atoms with Crippen LogP contribution in [0.1, 0.15) is 24.1 Å². The summed E-state index contributed by atoms with van der Waals surface area (Å²) in [4.78, 5) is 0.369. The Kier molecular flexibility index (Phi) is 3.15. The zero-order valence-electron chi connectivity index (χ0n) is 11.5. The van der Waals surface area contributed by atoms with E-state index in [1.54, 1.807) is 16.4 Å². The highest BCUT2D eigenvalue weighted by atomic mass is 32.2. The zero-order valence-corrected chi connectivity index (χ0v) is 12.3. The van der Waals surface area contributed by atoms with Crippen LogP contribution in [0.3, 0.4) is 0 Å². The molecule has 1 unspecified atom stereocenters. The minimum absolute atomic E-state index is 0.0173. The van der Waals surface area contributed by atoms with Crippen LogP contribution in [0.2, 0.25) is 0 Å². The molecule has 3 atom stereocenters. The fourth-order valence-electron chi connectivity index (χ4n) is 2.60. The standard InChI is InChI=1S/C16H17NO2S/c1-12-8-10-15(11-9-12)20(18,19)17-13(2)16(17)14-6-4-3-5-7-14/h3-11,13,16H,1-2H3/t13-,16-,17?/m0/s1. The third kappa shape index (κ3) is 2.15. The maximum Gasteiger partial charge on any atom is 0.243 e. The Bertz CT molecular complexity index is 708. The van der Waals surface area contributed by atoms with Crippen molar-refractivity contribution in [2.45, 2.75) is 30.8 Å². The van der Waals surface area contributed by atoms with Crippen molar-refractivity contribution in [3.8, 4) is 0 Å². The molecule has 1 saturated heterocycles. The molecule has 2 aromatic rings. The molecule has 104 valence electrons. The first-order valence-corrected chi connectivity index (χ1v) is 8.11. The Hall–Kier alpha value is -1.65. The van der Waals surface area contributed by atoms with Gasteiger partial charge in [0, 0.05) is 6.04 Å². The lowest BCUT2D eigenvalue weighted by atomic mass is 10.1. The summed E-state index contributed by atoms with van der Waals surface area (Å²) >= 11 is 0. The fraction of sp³-hybridized carbons (Fsp3) is 0.250. The predicted molar refractivity (Wildman–Crippen MR) is 78.8 cm³/mol. The first-order valence-electron chi connectivity index (χ1n) is 6.67. The lowest BCUT2D eigenvalue weighted by Gasteiger charge is -2.07. The number of sulfonamides is 1. The van der Waals surface area contributed by atoms with Crippen LogP contribution in [0.15, 0.2) is 59.5 Å². The second kappa shape index (κ2) is 4.72. The molecule has 0 N–H and O–H groups in total. The largest absolute Gasteiger partial charge is 0.243 e. The third-order valence-corrected chi connectivity index (χ3v) is 5.76. The average Bonchev–Trinajstić information content (AvgIpc) is 3.13. The maximum atomic E-state index is 12.6. The van der Waals surface area contributed by atoms with Crippen LogP contribution in [-0.2, 0) is 10.0 Å². The van der Waals surface area contributed by atoms with Gasteiger partial charge in [0.05, 0.1) is 10.9 Å². The van der Waals surface area contributed by atoms with Crippen molar-refractivity contribution in [3.63, 3.8) is 0 Å². The summed E-state index contributed by atoms with van der Waals surface area (Å²) in [6.07, 6.45) is 0. The van der Waals surface area contributed by atoms with E-state index in [9.17, 15) is 8.42 Å². The van der Waals surface area contributed by atoms with E-state index < -0.39 is 10.0 Å². The molecule has 1 heterocycles. The smallest absolute Gasteiger partial charge is 0.207 e. The van der Waals surface area contributed by atoms with Crippen LogP contribution in [0.4, 0.5) is 0 Å². The van der Waals surface area contributed by atoms with Gasteiger partial charge in [-0.15, -0.1) is 0 Å². The molecule has 3 nitrogen and oxygen atoms in total. The van der Waals surface area contributed by atoms with Gasteiger partial charge in [0.25, 0.3) is 0 Å². The third-order valence-electron chi connectivity index (χ3n) is 3.78. The van der Waals surface area contributed by atoms with E-state index in [0.29, 0.717) is 4.90 Å². The van der Waals surface area contributed by atoms with Crippen LogP contribution in [0.25, 0.3) is 0 Å². The Labute approximate surface area is 119 Å². The lowest BCUT2D eigenvalue weighted by Crippen LogP contribution is -2.14. The minimum atomic E-state index is -3.40. The Morgan fingerprint density at radius 1 is 0.950 bits per heavy atom. The monoisotopic (exact) mass is 287 g/mol. The van der Waals surface area contributed by atoms with Crippen molar-refractivity contribution in [3.05, 3.63) is 65.7 Å². The normalized spacial score (nSPS) is 25.4. The van der Waals surface area contributed by atoms with Crippen LogP contribution >= 0.6 is 0 Å². The molecule has 1 aliphatic rings. The molecule has 0 aromatic heterocycles. The van der Waals surface area contributed by atoms with Crippen molar-refractivity contribution in [2.24, 2.45) is 0 Å². The summed E-state index contributed by atoms with van der Waals surface area (Å²) in [5.74, 6) is 0. The molecular weight excluding hydrogens is 270 g/mol. The van der Waals surface area contributed by atoms with Crippen molar-refractivity contribution < 1.29 is 8.42 Å². The van der Waals surface area contributed by atoms with Gasteiger partial charge in [-0.05, 0) is 31.5 Å². The van der Waals surface area contributed by atoms with E-state index >= 15 is 0 Å². The summed E-state index contributed by atoms with van der Waals surface area (Å²) < 4.78 is 26.8. The van der Waals surface area contributed by atoms with Crippen molar-refractivity contribution >= 4 is 10.0 Å². The SMILES string of the molecule is Cc1ccc(S(=O)(=O)N2[C@H](c3ccccc3)[C@@H]2C)cc1. The summed E-state index contributed by atoms with van der Waals surface area (Å²) in [6.45, 7) is 3.90. The first kappa shape index (κ1) is 13.3. The van der Waals surface area contributed by atoms with Crippen molar-refractivity contribution in [2.75, 3.05) is 0 Å². The van der Waals surface area contributed by atoms with E-state index in [0.717, 1.165) is 11.1 Å². The molecule has 0 spiro atoms. The number of hydrogen-bond donors (Lipinski definition) is 0. The molecule has 0 radical (unpaired) electrons. The number of aryl methyl sites for hydroxylation is 1. The molecule has 3 rings (SSSR count). The van der Waals surface area contributed by atoms with Crippen LogP contribution in [0.5, 0.6) is 0 Å². The second-order valence-corrected chi connectivity index (χ2v) is 7.09. The van der Waals surface area contributed by atoms with Gasteiger partial charge in [0.15, 0.2) is 0 Å². The topological polar surface area (TPSA) is 37.1 Å². The summed E-state index contributed by atoms with van der Waals surface area (Å²) in [5, 5.41) is 0. The van der Waals surface area contributed by atoms with Gasteiger partial charge in [0.1, 0.15) is 0 Å². The quantitative estimate of drug-likeness (QED) is 0.813. The van der Waals surface area contributed by atoms with E-state index in [1.807, 2.05) is 56.3 Å². The molecule has 1 aliphatic heterocycles. The minimum Gasteiger partial charge on any atom is -0.207 e.